The molecule has 0 saturated heterocycles. The molecule has 0 fully saturated rings. The van der Waals surface area contributed by atoms with E-state index in [4.69, 9.17) is 15.9 Å². The minimum absolute atomic E-state index is 0.120. The van der Waals surface area contributed by atoms with E-state index >= 15 is 0 Å². The summed E-state index contributed by atoms with van der Waals surface area (Å²) in [5.41, 5.74) is 2.78. The first kappa shape index (κ1) is 17.2. The topological polar surface area (TPSA) is 116 Å². The number of nitrogens with zero attached hydrogens (tertiary/aromatic N) is 3. The van der Waals surface area contributed by atoms with Crippen LogP contribution in [0, 0.1) is 17.7 Å². The van der Waals surface area contributed by atoms with Gasteiger partial charge < -0.3 is 5.11 Å². The van der Waals surface area contributed by atoms with E-state index in [9.17, 15) is 4.79 Å². The quantitative estimate of drug-likeness (QED) is 0.591. The van der Waals surface area contributed by atoms with E-state index in [1.165, 1.54) is 0 Å². The minimum Gasteiger partial charge on any atom is -0.400 e. The van der Waals surface area contributed by atoms with Gasteiger partial charge in [0.05, 0.1) is 17.1 Å². The van der Waals surface area contributed by atoms with Gasteiger partial charge in [0.15, 0.2) is 12.1 Å². The lowest BCUT2D eigenvalue weighted by Crippen LogP contribution is -2.11. The summed E-state index contributed by atoms with van der Waals surface area (Å²) in [5, 5.41) is 26.6. The summed E-state index contributed by atoms with van der Waals surface area (Å²) >= 11 is 0. The lowest BCUT2D eigenvalue weighted by Gasteiger charge is -2.11. The molecule has 3 N–H and O–H groups in total. The minimum atomic E-state index is 0.120. The van der Waals surface area contributed by atoms with Gasteiger partial charge in [-0.1, -0.05) is 12.1 Å². The van der Waals surface area contributed by atoms with Gasteiger partial charge in [-0.15, -0.1) is 0 Å². The second kappa shape index (κ2) is 7.38. The van der Waals surface area contributed by atoms with Gasteiger partial charge >= 0.3 is 0 Å². The van der Waals surface area contributed by atoms with Crippen molar-refractivity contribution in [1.82, 2.24) is 14.8 Å². The van der Waals surface area contributed by atoms with Crippen LogP contribution in [0.3, 0.4) is 0 Å². The number of aliphatic hydroxyl groups is 1. The standard InChI is InChI=1S/C16H13N5O.CH4O/c1-10-3-2-4-16(19-10)21-15(8-12(9-22)20-21)11-5-6-13(17)14(18)7-11;1-2/h2-9,17-18H,1H3;2H,1H3. The molecule has 0 atom stereocenters. The summed E-state index contributed by atoms with van der Waals surface area (Å²) in [7, 11) is 1.00. The largest absolute Gasteiger partial charge is 0.400 e. The molecule has 0 amide bonds. The molecule has 2 aromatic heterocycles. The highest BCUT2D eigenvalue weighted by atomic mass is 16.2. The molecule has 3 rings (SSSR count). The molecule has 1 aliphatic carbocycles. The lowest BCUT2D eigenvalue weighted by molar-refractivity contribution is 0.111. The van der Waals surface area contributed by atoms with E-state index in [0.29, 0.717) is 29.1 Å². The van der Waals surface area contributed by atoms with Crippen molar-refractivity contribution in [1.29, 1.82) is 10.8 Å². The molecule has 122 valence electrons. The van der Waals surface area contributed by atoms with Crippen LogP contribution in [-0.4, -0.2) is 44.7 Å². The summed E-state index contributed by atoms with van der Waals surface area (Å²) in [6.45, 7) is 1.88. The number of carbonyl (C=O) groups is 1. The van der Waals surface area contributed by atoms with Crippen LogP contribution < -0.4 is 0 Å². The maximum Gasteiger partial charge on any atom is 0.170 e. The van der Waals surface area contributed by atoms with Crippen LogP contribution in [0.1, 0.15) is 21.9 Å². The Morgan fingerprint density at radius 2 is 1.92 bits per heavy atom. The zero-order valence-electron chi connectivity index (χ0n) is 13.3. The number of aryl methyl sites for hydroxylation is 1. The second-order valence-corrected chi connectivity index (χ2v) is 4.88. The van der Waals surface area contributed by atoms with Crippen LogP contribution in [0.4, 0.5) is 0 Å². The molecule has 0 aliphatic heterocycles. The fraction of sp³-hybridized carbons (Fsp3) is 0.118. The van der Waals surface area contributed by atoms with Gasteiger partial charge in [0.1, 0.15) is 5.69 Å². The maximum atomic E-state index is 11.1. The van der Waals surface area contributed by atoms with Gasteiger partial charge in [-0.25, -0.2) is 9.67 Å². The van der Waals surface area contributed by atoms with Crippen molar-refractivity contribution >= 4 is 23.3 Å². The average Bonchev–Trinajstić information content (AvgIpc) is 3.04. The Morgan fingerprint density at radius 1 is 1.17 bits per heavy atom. The van der Waals surface area contributed by atoms with Crippen molar-refractivity contribution in [2.45, 2.75) is 6.92 Å². The third kappa shape index (κ3) is 3.41. The fourth-order valence-electron chi connectivity index (χ4n) is 2.19. The fourth-order valence-corrected chi connectivity index (χ4v) is 2.19. The first-order valence-corrected chi connectivity index (χ1v) is 7.10. The molecule has 2 aromatic rings. The highest BCUT2D eigenvalue weighted by Gasteiger charge is 2.16. The Morgan fingerprint density at radius 3 is 2.54 bits per heavy atom. The summed E-state index contributed by atoms with van der Waals surface area (Å²) in [6, 6.07) is 7.20. The molecule has 2 heterocycles. The van der Waals surface area contributed by atoms with Gasteiger partial charge in [-0.05, 0) is 37.3 Å². The van der Waals surface area contributed by atoms with Gasteiger partial charge in [0.25, 0.3) is 0 Å². The van der Waals surface area contributed by atoms with E-state index in [1.807, 2.05) is 19.1 Å². The van der Waals surface area contributed by atoms with E-state index in [0.717, 1.165) is 12.8 Å². The number of carbonyl (C=O) groups excluding carboxylic acids is 1. The molecule has 0 aromatic carbocycles. The van der Waals surface area contributed by atoms with E-state index in [2.05, 4.69) is 10.1 Å². The predicted molar refractivity (Wildman–Crippen MR) is 92.2 cm³/mol. The average molecular weight is 323 g/mol. The van der Waals surface area contributed by atoms with Crippen LogP contribution in [0.15, 0.2) is 42.5 Å². The van der Waals surface area contributed by atoms with Crippen molar-refractivity contribution in [2.75, 3.05) is 7.11 Å². The molecule has 0 radical (unpaired) electrons. The van der Waals surface area contributed by atoms with Gasteiger partial charge in [-0.3, -0.25) is 15.6 Å². The number of allylic oxidation sites excluding steroid dienone is 4. The van der Waals surface area contributed by atoms with Crippen LogP contribution in [0.5, 0.6) is 0 Å². The third-order valence-electron chi connectivity index (χ3n) is 3.25. The molecule has 24 heavy (non-hydrogen) atoms. The zero-order chi connectivity index (χ0) is 17.7. The molecule has 7 heteroatoms. The van der Waals surface area contributed by atoms with Gasteiger partial charge in [-0.2, -0.15) is 5.10 Å². The molecule has 0 bridgehead atoms. The molecular formula is C17H17N5O2. The Bertz CT molecular complexity index is 862. The van der Waals surface area contributed by atoms with Crippen LogP contribution >= 0.6 is 0 Å². The normalized spacial score (nSPS) is 13.2. The number of nitrogens with one attached hydrogen (secondary N) is 2. The molecule has 0 spiro atoms. The Hall–Kier alpha value is -3.19. The number of rotatable bonds is 3. The first-order valence-electron chi connectivity index (χ1n) is 7.10. The maximum absolute atomic E-state index is 11.1. The van der Waals surface area contributed by atoms with E-state index in [1.54, 1.807) is 35.0 Å². The molecule has 7 nitrogen and oxygen atoms in total. The Labute approximate surface area is 139 Å². The Balaban J connectivity index is 0.00000100. The molecule has 1 aliphatic rings. The second-order valence-electron chi connectivity index (χ2n) is 4.88. The molecular weight excluding hydrogens is 306 g/mol. The summed E-state index contributed by atoms with van der Waals surface area (Å²) in [5.74, 6) is 0.601. The number of aldehydes is 1. The zero-order valence-corrected chi connectivity index (χ0v) is 13.3. The SMILES string of the molecule is CO.Cc1cccc(-n2nc(C=O)cc2C2=CC(=N)C(=N)C=C2)n1. The van der Waals surface area contributed by atoms with Crippen LogP contribution in [0.25, 0.3) is 11.4 Å². The summed E-state index contributed by atoms with van der Waals surface area (Å²) < 4.78 is 1.58. The number of aliphatic hydroxyl groups excluding tert-OH is 1. The summed E-state index contributed by atoms with van der Waals surface area (Å²) in [4.78, 5) is 15.5. The number of pyridine rings is 1. The van der Waals surface area contributed by atoms with Crippen molar-refractivity contribution in [3.05, 3.63) is 59.6 Å². The van der Waals surface area contributed by atoms with Crippen molar-refractivity contribution < 1.29 is 9.90 Å². The smallest absolute Gasteiger partial charge is 0.170 e. The molecule has 0 saturated carbocycles. The monoisotopic (exact) mass is 323 g/mol. The van der Waals surface area contributed by atoms with Crippen LogP contribution in [0.2, 0.25) is 0 Å². The highest BCUT2D eigenvalue weighted by molar-refractivity contribution is 6.50. The van der Waals surface area contributed by atoms with Crippen molar-refractivity contribution in [3.8, 4) is 5.82 Å². The van der Waals surface area contributed by atoms with E-state index < -0.39 is 0 Å². The first-order chi connectivity index (χ1) is 11.6. The third-order valence-corrected chi connectivity index (χ3v) is 3.25. The van der Waals surface area contributed by atoms with E-state index in [-0.39, 0.29) is 11.4 Å². The lowest BCUT2D eigenvalue weighted by atomic mass is 10.0. The number of hydrogen-bond donors (Lipinski definition) is 3. The predicted octanol–water partition coefficient (Wildman–Crippen LogP) is 1.99. The highest BCUT2D eigenvalue weighted by Crippen LogP contribution is 2.22. The number of hydrogen-bond acceptors (Lipinski definition) is 6. The van der Waals surface area contributed by atoms with Gasteiger partial charge in [0, 0.05) is 18.4 Å². The van der Waals surface area contributed by atoms with Crippen molar-refractivity contribution in [3.63, 3.8) is 0 Å². The Kier molecular flexibility index (Phi) is 5.28. The molecule has 0 unspecified atom stereocenters. The summed E-state index contributed by atoms with van der Waals surface area (Å²) in [6.07, 6.45) is 5.55. The van der Waals surface area contributed by atoms with Gasteiger partial charge in [0.2, 0.25) is 0 Å². The number of aromatic nitrogens is 3. The van der Waals surface area contributed by atoms with Crippen molar-refractivity contribution in [2.24, 2.45) is 0 Å². The van der Waals surface area contributed by atoms with Crippen LogP contribution in [-0.2, 0) is 0 Å².